The van der Waals surface area contributed by atoms with Crippen LogP contribution in [0, 0.1) is 36.1 Å². The molecule has 0 bridgehead atoms. The fraction of sp³-hybridized carbons (Fsp3) is 0.138. The smallest absolute Gasteiger partial charge is 0.503 e. The molecule has 0 aliphatic heterocycles. The van der Waals surface area contributed by atoms with Crippen molar-refractivity contribution in [1.29, 1.82) is 0 Å². The number of pyridine rings is 2. The number of nitrogens with zero attached hydrogens (tertiary/aromatic N) is 5. The maximum absolute atomic E-state index is 6.49. The van der Waals surface area contributed by atoms with E-state index in [9.17, 15) is 0 Å². The van der Waals surface area contributed by atoms with E-state index in [-0.39, 0.29) is 41.5 Å². The number of fused-ring (bicyclic) bond motifs is 3. The van der Waals surface area contributed by atoms with E-state index in [0.717, 1.165) is 79.4 Å². The van der Waals surface area contributed by atoms with Gasteiger partial charge in [-0.15, -0.1) is 71.8 Å². The van der Waals surface area contributed by atoms with Crippen molar-refractivity contribution in [3.05, 3.63) is 200 Å². The van der Waals surface area contributed by atoms with Gasteiger partial charge in [0.1, 0.15) is 0 Å². The Hall–Kier alpha value is -6.55. The molecule has 67 heavy (non-hydrogen) atoms. The maximum Gasteiger partial charge on any atom is 2.00 e. The summed E-state index contributed by atoms with van der Waals surface area (Å²) in [4.78, 5) is 19.1. The summed E-state index contributed by atoms with van der Waals surface area (Å²) in [5.74, 6) is 3.58. The van der Waals surface area contributed by atoms with Gasteiger partial charge in [0.25, 0.3) is 0 Å². The Kier molecular flexibility index (Phi) is 14.7. The Morgan fingerprint density at radius 1 is 0.478 bits per heavy atom. The van der Waals surface area contributed by atoms with Crippen LogP contribution in [-0.2, 0) is 54.3 Å². The Labute approximate surface area is 420 Å². The van der Waals surface area contributed by atoms with Gasteiger partial charge in [-0.1, -0.05) is 124 Å². The average molecular weight is 1150 g/mol. The van der Waals surface area contributed by atoms with Crippen LogP contribution in [0.2, 0.25) is 0 Å². The van der Waals surface area contributed by atoms with Crippen molar-refractivity contribution in [2.75, 3.05) is 0 Å². The molecule has 0 fully saturated rings. The van der Waals surface area contributed by atoms with Crippen LogP contribution in [0.4, 0.5) is 0 Å². The topological polar surface area (TPSA) is 75.0 Å². The number of hydrogen-bond donors (Lipinski definition) is 0. The Balaban J connectivity index is 0.00000304. The third-order valence-electron chi connectivity index (χ3n) is 11.2. The van der Waals surface area contributed by atoms with Gasteiger partial charge in [-0.25, -0.2) is 9.97 Å². The van der Waals surface area contributed by atoms with Crippen molar-refractivity contribution in [2.45, 2.75) is 40.5 Å². The Bertz CT molecular complexity index is 3090. The molecule has 0 saturated carbocycles. The monoisotopic (exact) mass is 1140 g/mol. The normalized spacial score (nSPS) is 11.1. The predicted octanol–water partition coefficient (Wildman–Crippen LogP) is 14.2. The molecule has 4 aromatic heterocycles. The van der Waals surface area contributed by atoms with E-state index in [1.165, 1.54) is 11.1 Å². The number of benzene rings is 6. The second kappa shape index (κ2) is 21.0. The molecule has 0 N–H and O–H groups in total. The molecule has 0 radical (unpaired) electrons. The Morgan fingerprint density at radius 3 is 1.34 bits per heavy atom. The van der Waals surface area contributed by atoms with Gasteiger partial charge >= 0.3 is 41.5 Å². The molecule has 0 aliphatic carbocycles. The van der Waals surface area contributed by atoms with E-state index in [1.807, 2.05) is 89.8 Å². The summed E-state index contributed by atoms with van der Waals surface area (Å²) in [7, 11) is 0. The number of rotatable bonds is 13. The van der Waals surface area contributed by atoms with Gasteiger partial charge in [0, 0.05) is 58.9 Å². The maximum atomic E-state index is 6.49. The molecule has 0 saturated heterocycles. The predicted molar refractivity (Wildman–Crippen MR) is 259 cm³/mol. The zero-order chi connectivity index (χ0) is 44.3. The summed E-state index contributed by atoms with van der Waals surface area (Å²) >= 11 is 0. The minimum absolute atomic E-state index is 0. The number of ether oxygens (including phenoxy) is 2. The molecule has 7 nitrogen and oxygen atoms in total. The van der Waals surface area contributed by atoms with Gasteiger partial charge in [-0.05, 0) is 64.4 Å². The molecule has 334 valence electrons. The first kappa shape index (κ1) is 47.0. The summed E-state index contributed by atoms with van der Waals surface area (Å²) in [6.45, 7) is 8.96. The summed E-state index contributed by atoms with van der Waals surface area (Å²) in [6.07, 6.45) is 9.27. The molecule has 6 aromatic carbocycles. The minimum Gasteiger partial charge on any atom is -0.503 e. The molecular formula is C58H45N5O2PdPt. The first-order valence-corrected chi connectivity index (χ1v) is 22.0. The SMILES string of the molecule is CC(C)Cc1cc(-c2[c-]c(Oc3[c-]c4c(cc3)c3ccc(Oc5[c-]c(-c6cc(CC(C)C)c(-c7ccccc7)cn6)ccc5)[c-]c3n4-c3ncccn3)ccc2)ncc1-c1ccccc1.[Pd+2].[Pt+2]. The zero-order valence-electron chi connectivity index (χ0n) is 37.3. The van der Waals surface area contributed by atoms with Gasteiger partial charge in [-0.2, -0.15) is 22.9 Å². The van der Waals surface area contributed by atoms with E-state index < -0.39 is 0 Å². The van der Waals surface area contributed by atoms with Gasteiger partial charge in [0.05, 0.1) is 0 Å². The third-order valence-corrected chi connectivity index (χ3v) is 11.2. The van der Waals surface area contributed by atoms with Crippen LogP contribution in [0.1, 0.15) is 38.8 Å². The third kappa shape index (κ3) is 10.4. The van der Waals surface area contributed by atoms with Crippen LogP contribution in [-0.4, -0.2) is 24.5 Å². The first-order valence-electron chi connectivity index (χ1n) is 22.0. The van der Waals surface area contributed by atoms with Crippen molar-refractivity contribution < 1.29 is 51.0 Å². The van der Waals surface area contributed by atoms with Gasteiger partial charge in [0.15, 0.2) is 0 Å². The minimum atomic E-state index is 0. The second-order valence-electron chi connectivity index (χ2n) is 17.0. The van der Waals surface area contributed by atoms with Crippen molar-refractivity contribution in [3.63, 3.8) is 0 Å². The van der Waals surface area contributed by atoms with Crippen molar-refractivity contribution in [3.8, 4) is 73.7 Å². The molecule has 4 heterocycles. The fourth-order valence-corrected chi connectivity index (χ4v) is 8.36. The molecule has 0 aliphatic rings. The van der Waals surface area contributed by atoms with Crippen LogP contribution in [0.15, 0.2) is 164 Å². The van der Waals surface area contributed by atoms with Crippen LogP contribution in [0.25, 0.3) is 72.5 Å². The second-order valence-corrected chi connectivity index (χ2v) is 17.0. The molecule has 0 spiro atoms. The van der Waals surface area contributed by atoms with Crippen LogP contribution >= 0.6 is 0 Å². The van der Waals surface area contributed by atoms with Gasteiger partial charge in [0.2, 0.25) is 5.95 Å². The first-order chi connectivity index (χ1) is 31.8. The van der Waals surface area contributed by atoms with E-state index in [4.69, 9.17) is 19.4 Å². The van der Waals surface area contributed by atoms with E-state index in [1.54, 1.807) is 18.5 Å². The molecule has 9 heteroatoms. The summed E-state index contributed by atoms with van der Waals surface area (Å²) in [6, 6.07) is 60.7. The van der Waals surface area contributed by atoms with Crippen LogP contribution in [0.5, 0.6) is 23.0 Å². The molecule has 0 unspecified atom stereocenters. The standard InChI is InChI=1S/C58H45N5O2.Pd.Pt/c1-38(2)28-44-32-54(61-36-52(44)40-14-7-5-8-15-40)42-18-11-20-46(30-42)64-48-22-24-50-51-25-23-49(35-57(51)63(56(50)34-48)58-59-26-13-27-60-58)65-47-21-12-19-43(31-47)55-33-45(29-39(3)4)53(37-62-55)41-16-9-6-10-17-41;;/h5-27,32-33,36-39H,28-29H2,1-4H3;;/q-4;2*+2. The van der Waals surface area contributed by atoms with Crippen molar-refractivity contribution in [2.24, 2.45) is 11.8 Å². The summed E-state index contributed by atoms with van der Waals surface area (Å²) in [5, 5.41) is 1.88. The zero-order valence-corrected chi connectivity index (χ0v) is 41.2. The van der Waals surface area contributed by atoms with E-state index in [0.29, 0.717) is 40.8 Å². The van der Waals surface area contributed by atoms with Crippen LogP contribution < -0.4 is 9.47 Å². The van der Waals surface area contributed by atoms with Crippen LogP contribution in [0.3, 0.4) is 0 Å². The number of hydrogen-bond acceptors (Lipinski definition) is 6. The molecule has 0 atom stereocenters. The summed E-state index contributed by atoms with van der Waals surface area (Å²) < 4.78 is 14.9. The van der Waals surface area contributed by atoms with E-state index in [2.05, 4.69) is 123 Å². The summed E-state index contributed by atoms with van der Waals surface area (Å²) in [5.41, 5.74) is 12.0. The number of aromatic nitrogens is 5. The van der Waals surface area contributed by atoms with Crippen molar-refractivity contribution >= 4 is 21.8 Å². The van der Waals surface area contributed by atoms with E-state index >= 15 is 0 Å². The van der Waals surface area contributed by atoms with Gasteiger partial charge in [-0.3, -0.25) is 0 Å². The fourth-order valence-electron chi connectivity index (χ4n) is 8.36. The largest absolute Gasteiger partial charge is 2.00 e. The molecular weight excluding hydrogens is 1100 g/mol. The molecule has 0 amide bonds. The molecule has 10 rings (SSSR count). The van der Waals surface area contributed by atoms with Gasteiger partial charge < -0.3 is 24.0 Å². The average Bonchev–Trinajstić information content (AvgIpc) is 3.65. The molecule has 10 aromatic rings. The Morgan fingerprint density at radius 2 is 0.910 bits per heavy atom. The van der Waals surface area contributed by atoms with Crippen molar-refractivity contribution in [1.82, 2.24) is 24.5 Å². The quantitative estimate of drug-likeness (QED) is 0.0846.